The molecule has 1 saturated heterocycles. The molecule has 0 spiro atoms. The van der Waals surface area contributed by atoms with Crippen LogP contribution in [0, 0.1) is 5.41 Å². The van der Waals surface area contributed by atoms with Crippen molar-refractivity contribution >= 4 is 16.8 Å². The summed E-state index contributed by atoms with van der Waals surface area (Å²) < 4.78 is 11.7. The second-order valence-corrected chi connectivity index (χ2v) is 9.22. The van der Waals surface area contributed by atoms with E-state index in [0.29, 0.717) is 25.4 Å². The third-order valence-electron chi connectivity index (χ3n) is 4.44. The molecular weight excluding hydrogens is 288 g/mol. The molecule has 0 saturated carbocycles. The fourth-order valence-electron chi connectivity index (χ4n) is 2.48. The molecule has 0 aliphatic carbocycles. The molecule has 124 valence electrons. The van der Waals surface area contributed by atoms with E-state index >= 15 is 0 Å². The van der Waals surface area contributed by atoms with Crippen LogP contribution in [-0.2, 0) is 10.8 Å². The van der Waals surface area contributed by atoms with E-state index in [1.807, 2.05) is 20.8 Å². The Balaban J connectivity index is 2.33. The molecule has 0 aromatic carbocycles. The largest absolute Gasteiger partial charge is 0.396 e. The molecule has 1 aliphatic heterocycles. The minimum Gasteiger partial charge on any atom is -0.396 e. The second kappa shape index (κ2) is 7.58. The van der Waals surface area contributed by atoms with Crippen molar-refractivity contribution in [2.45, 2.75) is 51.7 Å². The first kappa shape index (κ1) is 18.4. The van der Waals surface area contributed by atoms with Crippen molar-refractivity contribution < 1.29 is 14.1 Å². The molecule has 21 heavy (non-hydrogen) atoms. The van der Waals surface area contributed by atoms with Crippen molar-refractivity contribution in [3.05, 3.63) is 0 Å². The van der Waals surface area contributed by atoms with Crippen molar-refractivity contribution in [2.75, 3.05) is 32.0 Å². The predicted molar refractivity (Wildman–Crippen MR) is 86.8 cm³/mol. The van der Waals surface area contributed by atoms with Gasteiger partial charge >= 0.3 is 6.03 Å². The maximum absolute atomic E-state index is 12.1. The Morgan fingerprint density at radius 2 is 1.90 bits per heavy atom. The van der Waals surface area contributed by atoms with Gasteiger partial charge in [-0.3, -0.25) is 4.21 Å². The van der Waals surface area contributed by atoms with E-state index in [2.05, 4.69) is 12.2 Å². The van der Waals surface area contributed by atoms with E-state index in [0.717, 1.165) is 19.3 Å². The Kier molecular flexibility index (Phi) is 6.66. The number of carbonyl (C=O) groups is 1. The van der Waals surface area contributed by atoms with Gasteiger partial charge in [-0.05, 0) is 45.4 Å². The topological polar surface area (TPSA) is 69.6 Å². The van der Waals surface area contributed by atoms with Gasteiger partial charge in [-0.2, -0.15) is 0 Å². The highest BCUT2D eigenvalue weighted by molar-refractivity contribution is 7.86. The number of aliphatic hydroxyl groups is 1. The second-order valence-electron chi connectivity index (χ2n) is 6.89. The van der Waals surface area contributed by atoms with Gasteiger partial charge in [-0.15, -0.1) is 0 Å². The molecular formula is C15H30N2O3S. The molecule has 1 rings (SSSR count). The summed E-state index contributed by atoms with van der Waals surface area (Å²) in [6, 6.07) is -0.0800. The summed E-state index contributed by atoms with van der Waals surface area (Å²) in [5, 5.41) is 12.3. The number of amides is 2. The van der Waals surface area contributed by atoms with E-state index in [4.69, 9.17) is 0 Å². The molecule has 1 unspecified atom stereocenters. The van der Waals surface area contributed by atoms with E-state index in [9.17, 15) is 14.1 Å². The van der Waals surface area contributed by atoms with Crippen molar-refractivity contribution in [1.82, 2.24) is 10.2 Å². The highest BCUT2D eigenvalue weighted by atomic mass is 32.2. The normalized spacial score (nSPS) is 20.1. The van der Waals surface area contributed by atoms with Gasteiger partial charge < -0.3 is 15.3 Å². The monoisotopic (exact) mass is 318 g/mol. The fraction of sp³-hybridized carbons (Fsp3) is 0.933. The molecule has 1 heterocycles. The summed E-state index contributed by atoms with van der Waals surface area (Å²) in [4.78, 5) is 13.9. The average Bonchev–Trinajstić information content (AvgIpc) is 2.46. The van der Waals surface area contributed by atoms with Crippen molar-refractivity contribution in [1.29, 1.82) is 0 Å². The van der Waals surface area contributed by atoms with Gasteiger partial charge in [0.15, 0.2) is 0 Å². The number of nitrogens with one attached hydrogen (secondary N) is 1. The van der Waals surface area contributed by atoms with Gasteiger partial charge in [0.05, 0.1) is 0 Å². The van der Waals surface area contributed by atoms with E-state index in [-0.39, 0.29) is 22.8 Å². The highest BCUT2D eigenvalue weighted by Gasteiger charge is 2.33. The van der Waals surface area contributed by atoms with Crippen LogP contribution in [0.1, 0.15) is 47.0 Å². The molecule has 6 heteroatoms. The van der Waals surface area contributed by atoms with Crippen molar-refractivity contribution in [2.24, 2.45) is 5.41 Å². The van der Waals surface area contributed by atoms with Gasteiger partial charge in [0.25, 0.3) is 0 Å². The molecule has 0 bridgehead atoms. The Morgan fingerprint density at radius 3 is 2.33 bits per heavy atom. The minimum atomic E-state index is -0.940. The first-order valence-corrected chi connectivity index (χ1v) is 9.08. The SMILES string of the molecule is CCC1(CO)CCN(C(=O)NCCS(=O)C(C)(C)C)CC1. The van der Waals surface area contributed by atoms with Gasteiger partial charge in [0.1, 0.15) is 0 Å². The van der Waals surface area contributed by atoms with Crippen LogP contribution >= 0.6 is 0 Å². The zero-order chi connectivity index (χ0) is 16.1. The maximum Gasteiger partial charge on any atom is 0.317 e. The lowest BCUT2D eigenvalue weighted by molar-refractivity contribution is 0.0521. The lowest BCUT2D eigenvalue weighted by atomic mass is 9.77. The summed E-state index contributed by atoms with van der Waals surface area (Å²) in [6.45, 7) is 9.92. The predicted octanol–water partition coefficient (Wildman–Crippen LogP) is 1.73. The van der Waals surface area contributed by atoms with E-state index in [1.54, 1.807) is 4.90 Å². The first-order valence-electron chi connectivity index (χ1n) is 7.76. The van der Waals surface area contributed by atoms with Gasteiger partial charge in [0.2, 0.25) is 0 Å². The quantitative estimate of drug-likeness (QED) is 0.811. The van der Waals surface area contributed by atoms with Gasteiger partial charge in [-0.25, -0.2) is 4.79 Å². The van der Waals surface area contributed by atoms with Crippen LogP contribution in [0.5, 0.6) is 0 Å². The Morgan fingerprint density at radius 1 is 1.33 bits per heavy atom. The maximum atomic E-state index is 12.1. The number of hydrogen-bond donors (Lipinski definition) is 2. The standard InChI is InChI=1S/C15H30N2O3S/c1-5-15(12-18)6-9-17(10-7-15)13(19)16-8-11-21(20)14(2,3)4/h18H,5-12H2,1-4H3,(H,16,19). The molecule has 0 aromatic rings. The van der Waals surface area contributed by atoms with Crippen LogP contribution in [0.4, 0.5) is 4.79 Å². The van der Waals surface area contributed by atoms with Crippen LogP contribution in [0.25, 0.3) is 0 Å². The third-order valence-corrected chi connectivity index (χ3v) is 6.38. The Bertz CT molecular complexity index is 366. The number of carbonyl (C=O) groups excluding carboxylic acids is 1. The summed E-state index contributed by atoms with van der Waals surface area (Å²) in [5.41, 5.74) is -0.00941. The summed E-state index contributed by atoms with van der Waals surface area (Å²) >= 11 is 0. The number of aliphatic hydroxyl groups excluding tert-OH is 1. The first-order chi connectivity index (χ1) is 9.74. The molecule has 0 aromatic heterocycles. The number of urea groups is 1. The van der Waals surface area contributed by atoms with Crippen molar-refractivity contribution in [3.8, 4) is 0 Å². The van der Waals surface area contributed by atoms with Crippen LogP contribution in [-0.4, -0.2) is 57.0 Å². The number of hydrogen-bond acceptors (Lipinski definition) is 3. The molecule has 0 radical (unpaired) electrons. The smallest absolute Gasteiger partial charge is 0.317 e. The Labute approximate surface area is 130 Å². The molecule has 1 aliphatic rings. The van der Waals surface area contributed by atoms with Crippen LogP contribution in [0.15, 0.2) is 0 Å². The lowest BCUT2D eigenvalue weighted by Gasteiger charge is -2.40. The van der Waals surface area contributed by atoms with Crippen LogP contribution < -0.4 is 5.32 Å². The summed E-state index contributed by atoms with van der Waals surface area (Å²) in [7, 11) is -0.940. The van der Waals surface area contributed by atoms with Crippen molar-refractivity contribution in [3.63, 3.8) is 0 Å². The van der Waals surface area contributed by atoms with Crippen LogP contribution in [0.3, 0.4) is 0 Å². The lowest BCUT2D eigenvalue weighted by Crippen LogP contribution is -2.49. The zero-order valence-electron chi connectivity index (χ0n) is 13.8. The van der Waals surface area contributed by atoms with Gasteiger partial charge in [0, 0.05) is 47.5 Å². The van der Waals surface area contributed by atoms with Crippen LogP contribution in [0.2, 0.25) is 0 Å². The minimum absolute atomic E-state index is 0.00941. The van der Waals surface area contributed by atoms with E-state index in [1.165, 1.54) is 0 Å². The average molecular weight is 318 g/mol. The fourth-order valence-corrected chi connectivity index (χ4v) is 3.38. The Hall–Kier alpha value is -0.620. The molecule has 1 atom stereocenters. The molecule has 2 amide bonds. The zero-order valence-corrected chi connectivity index (χ0v) is 14.6. The number of piperidine rings is 1. The van der Waals surface area contributed by atoms with Gasteiger partial charge in [-0.1, -0.05) is 6.92 Å². The highest BCUT2D eigenvalue weighted by Crippen LogP contribution is 2.34. The molecule has 2 N–H and O–H groups in total. The molecule has 5 nitrogen and oxygen atoms in total. The molecule has 1 fully saturated rings. The summed E-state index contributed by atoms with van der Waals surface area (Å²) in [5.74, 6) is 0.485. The number of likely N-dealkylation sites (tertiary alicyclic amines) is 1. The number of rotatable bonds is 5. The third kappa shape index (κ3) is 5.25. The number of nitrogens with zero attached hydrogens (tertiary/aromatic N) is 1. The summed E-state index contributed by atoms with van der Waals surface area (Å²) in [6.07, 6.45) is 2.65. The van der Waals surface area contributed by atoms with E-state index < -0.39 is 10.8 Å².